The van der Waals surface area contributed by atoms with Gasteiger partial charge in [0.05, 0.1) is 22.5 Å². The molecule has 2 radical (unpaired) electrons. The number of anilines is 2. The second kappa shape index (κ2) is 5.45. The average Bonchev–Trinajstić information content (AvgIpc) is 2.42. The third-order valence-corrected chi connectivity index (χ3v) is 3.52. The molecule has 4 heteroatoms. The van der Waals surface area contributed by atoms with Crippen LogP contribution >= 0.6 is 0 Å². The van der Waals surface area contributed by atoms with Crippen LogP contribution in [0.1, 0.15) is 41.5 Å². The molecule has 0 atom stereocenters. The standard InChI is InChI=1S/C18H24N2O2/c1-17(2,3)19(21)14-11-7-9-13-10-8-12-15(16(13)14)20(22)18(4,5)6/h7-12H,1-6H3. The average molecular weight is 300 g/mol. The molecule has 0 saturated heterocycles. The number of hydrogen-bond donors (Lipinski definition) is 0. The minimum absolute atomic E-state index is 0.533. The van der Waals surface area contributed by atoms with Gasteiger partial charge in [0.2, 0.25) is 0 Å². The Kier molecular flexibility index (Phi) is 4.11. The van der Waals surface area contributed by atoms with Crippen LogP contribution in [0.3, 0.4) is 0 Å². The van der Waals surface area contributed by atoms with Gasteiger partial charge < -0.3 is 0 Å². The second-order valence-electron chi connectivity index (χ2n) is 7.58. The molecule has 0 heterocycles. The highest BCUT2D eigenvalue weighted by Crippen LogP contribution is 2.38. The van der Waals surface area contributed by atoms with E-state index < -0.39 is 11.1 Å². The molecule has 0 aliphatic heterocycles. The van der Waals surface area contributed by atoms with Crippen LogP contribution in [0, 0.1) is 0 Å². The van der Waals surface area contributed by atoms with E-state index in [1.165, 1.54) is 0 Å². The molecule has 0 spiro atoms. The van der Waals surface area contributed by atoms with Crippen LogP contribution in [0.4, 0.5) is 11.4 Å². The maximum Gasteiger partial charge on any atom is 0.0774 e. The van der Waals surface area contributed by atoms with Crippen molar-refractivity contribution in [3.05, 3.63) is 36.4 Å². The van der Waals surface area contributed by atoms with Crippen molar-refractivity contribution >= 4 is 22.1 Å². The van der Waals surface area contributed by atoms with E-state index in [2.05, 4.69) is 0 Å². The summed E-state index contributed by atoms with van der Waals surface area (Å²) in [6.45, 7) is 11.2. The smallest absolute Gasteiger partial charge is 0.0774 e. The van der Waals surface area contributed by atoms with Crippen LogP contribution in [0.25, 0.3) is 10.8 Å². The van der Waals surface area contributed by atoms with Crippen LogP contribution in [-0.2, 0) is 10.4 Å². The fourth-order valence-corrected chi connectivity index (χ4v) is 2.36. The summed E-state index contributed by atoms with van der Waals surface area (Å²) in [5.41, 5.74) is -0.0790. The van der Waals surface area contributed by atoms with Crippen molar-refractivity contribution in [1.29, 1.82) is 0 Å². The van der Waals surface area contributed by atoms with Gasteiger partial charge in [-0.05, 0) is 59.1 Å². The highest BCUT2D eigenvalue weighted by Gasteiger charge is 2.28. The molecule has 0 aliphatic rings. The van der Waals surface area contributed by atoms with E-state index in [0.29, 0.717) is 16.8 Å². The van der Waals surface area contributed by atoms with Crippen LogP contribution < -0.4 is 10.1 Å². The SMILES string of the molecule is CC(C)(C)N([O])c1cccc2cccc(N([O])C(C)(C)C)c12. The lowest BCUT2D eigenvalue weighted by atomic mass is 10.0. The van der Waals surface area contributed by atoms with E-state index in [9.17, 15) is 10.4 Å². The van der Waals surface area contributed by atoms with E-state index in [4.69, 9.17) is 0 Å². The summed E-state index contributed by atoms with van der Waals surface area (Å²) in [7, 11) is 0. The highest BCUT2D eigenvalue weighted by molar-refractivity contribution is 6.03. The van der Waals surface area contributed by atoms with Crippen molar-refractivity contribution in [1.82, 2.24) is 0 Å². The van der Waals surface area contributed by atoms with Crippen molar-refractivity contribution in [2.24, 2.45) is 0 Å². The third kappa shape index (κ3) is 3.03. The Morgan fingerprint density at radius 3 is 1.36 bits per heavy atom. The molecule has 0 saturated carbocycles. The summed E-state index contributed by atoms with van der Waals surface area (Å²) >= 11 is 0. The van der Waals surface area contributed by atoms with Gasteiger partial charge in [-0.3, -0.25) is 0 Å². The summed E-state index contributed by atoms with van der Waals surface area (Å²) < 4.78 is 0. The lowest BCUT2D eigenvalue weighted by molar-refractivity contribution is 0.100. The second-order valence-corrected chi connectivity index (χ2v) is 7.58. The van der Waals surface area contributed by atoms with Crippen molar-refractivity contribution in [2.45, 2.75) is 52.6 Å². The zero-order chi connectivity index (χ0) is 16.7. The molecule has 0 amide bonds. The Hall–Kier alpha value is -1.78. The molecule has 2 aromatic rings. The predicted octanol–water partition coefficient (Wildman–Crippen LogP) is 4.74. The van der Waals surface area contributed by atoms with Gasteiger partial charge in [-0.1, -0.05) is 34.7 Å². The molecule has 4 nitrogen and oxygen atoms in total. The first kappa shape index (κ1) is 16.6. The van der Waals surface area contributed by atoms with E-state index in [0.717, 1.165) is 15.5 Å². The van der Waals surface area contributed by atoms with E-state index in [-0.39, 0.29) is 0 Å². The quantitative estimate of drug-likeness (QED) is 0.752. The van der Waals surface area contributed by atoms with Gasteiger partial charge in [-0.25, -0.2) is 10.1 Å². The molecule has 2 rings (SSSR count). The van der Waals surface area contributed by atoms with Crippen LogP contribution in [0.2, 0.25) is 0 Å². The molecule has 0 fully saturated rings. The fraction of sp³-hybridized carbons (Fsp3) is 0.444. The Morgan fingerprint density at radius 1 is 0.682 bits per heavy atom. The summed E-state index contributed by atoms with van der Waals surface area (Å²) in [5.74, 6) is 0. The van der Waals surface area contributed by atoms with E-state index in [1.807, 2.05) is 65.8 Å². The van der Waals surface area contributed by atoms with Gasteiger partial charge in [-0.2, -0.15) is 0 Å². The zero-order valence-corrected chi connectivity index (χ0v) is 14.2. The maximum atomic E-state index is 12.7. The predicted molar refractivity (Wildman–Crippen MR) is 89.8 cm³/mol. The fourth-order valence-electron chi connectivity index (χ4n) is 2.36. The van der Waals surface area contributed by atoms with Crippen molar-refractivity contribution < 1.29 is 10.4 Å². The van der Waals surface area contributed by atoms with Crippen LogP contribution in [0.5, 0.6) is 0 Å². The molecule has 0 N–H and O–H groups in total. The number of hydroxylamine groups is 2. The first-order valence-corrected chi connectivity index (χ1v) is 7.50. The Balaban J connectivity index is 2.75. The summed E-state index contributed by atoms with van der Waals surface area (Å²) in [6.07, 6.45) is 0. The maximum absolute atomic E-state index is 12.7. The number of fused-ring (bicyclic) bond motifs is 1. The first-order chi connectivity index (χ1) is 10.0. The van der Waals surface area contributed by atoms with Crippen molar-refractivity contribution in [3.8, 4) is 0 Å². The molecule has 2 aromatic carbocycles. The Morgan fingerprint density at radius 2 is 1.05 bits per heavy atom. The molecular weight excluding hydrogens is 276 g/mol. The minimum atomic E-state index is -0.573. The van der Waals surface area contributed by atoms with Crippen LogP contribution in [0.15, 0.2) is 36.4 Å². The molecule has 0 bridgehead atoms. The van der Waals surface area contributed by atoms with Gasteiger partial charge in [0.25, 0.3) is 0 Å². The third-order valence-electron chi connectivity index (χ3n) is 3.52. The molecule has 0 aromatic heterocycles. The largest absolute Gasteiger partial charge is 0.214 e. The van der Waals surface area contributed by atoms with Gasteiger partial charge in [-0.15, -0.1) is 0 Å². The minimum Gasteiger partial charge on any atom is -0.214 e. The topological polar surface area (TPSA) is 46.3 Å². The normalized spacial score (nSPS) is 12.5. The number of nitrogens with zero attached hydrogens (tertiary/aromatic N) is 2. The van der Waals surface area contributed by atoms with Gasteiger partial charge in [0.15, 0.2) is 0 Å². The van der Waals surface area contributed by atoms with Crippen molar-refractivity contribution in [3.63, 3.8) is 0 Å². The summed E-state index contributed by atoms with van der Waals surface area (Å²) in [5, 5.41) is 29.0. The Labute approximate surface area is 132 Å². The van der Waals surface area contributed by atoms with Gasteiger partial charge >= 0.3 is 0 Å². The Bertz CT molecular complexity index is 614. The van der Waals surface area contributed by atoms with E-state index >= 15 is 0 Å². The molecular formula is C18H24N2O2. The monoisotopic (exact) mass is 300 g/mol. The zero-order valence-electron chi connectivity index (χ0n) is 14.2. The molecule has 0 aliphatic carbocycles. The number of benzene rings is 2. The highest BCUT2D eigenvalue weighted by atomic mass is 16.5. The first-order valence-electron chi connectivity index (χ1n) is 7.50. The lowest BCUT2D eigenvalue weighted by Gasteiger charge is -2.33. The van der Waals surface area contributed by atoms with E-state index in [1.54, 1.807) is 12.1 Å². The van der Waals surface area contributed by atoms with Crippen LogP contribution in [-0.4, -0.2) is 11.1 Å². The lowest BCUT2D eigenvalue weighted by Crippen LogP contribution is -2.39. The van der Waals surface area contributed by atoms with Gasteiger partial charge in [0.1, 0.15) is 0 Å². The summed E-state index contributed by atoms with van der Waals surface area (Å²) in [6, 6.07) is 11.1. The molecule has 22 heavy (non-hydrogen) atoms. The molecule has 118 valence electrons. The molecule has 0 unspecified atom stereocenters. The van der Waals surface area contributed by atoms with Crippen molar-refractivity contribution in [2.75, 3.05) is 10.1 Å². The van der Waals surface area contributed by atoms with Gasteiger partial charge in [0, 0.05) is 5.39 Å². The number of hydrogen-bond acceptors (Lipinski definition) is 2. The number of rotatable bonds is 2. The summed E-state index contributed by atoms with van der Waals surface area (Å²) in [4.78, 5) is 0.